The van der Waals surface area contributed by atoms with Gasteiger partial charge in [-0.1, -0.05) is 145 Å². The number of rotatable bonds is 27. The monoisotopic (exact) mass is 1080 g/mol. The normalized spacial score (nSPS) is 24.4. The topological polar surface area (TPSA) is 102 Å². The van der Waals surface area contributed by atoms with Crippen LogP contribution in [0.1, 0.15) is 175 Å². The van der Waals surface area contributed by atoms with Crippen LogP contribution in [-0.2, 0) is 43.6 Å². The van der Waals surface area contributed by atoms with Crippen molar-refractivity contribution in [3.63, 3.8) is 0 Å². The maximum Gasteiger partial charge on any atom is 0.306 e. The van der Waals surface area contributed by atoms with Crippen LogP contribution >= 0.6 is 34.8 Å². The minimum Gasteiger partial charge on any atom is -0.459 e. The standard InChI is InChI=1S/C54H97Cl3O9Si3/c1-21-53(17,66-67(19,20)52(14,15)16)49(25-23-28-60-34-43-44(56)30-41(55)31-45(43)57)63-50(59)26-27-54(18)48(58)33-46-51(64-54)47(65-69(38(8)9,39(10)11)40(12)13)32-42(62-46)24-22-29-61-68(35(2)3,36(4)5)37(6)7/h21,30-31,35-40,42,46-49,51,58H,1,22-29,32-34H2,2-20H3/t42-,46-,47+,48+,49-,51-,53+,54-/m1/s1. The third-order valence-electron chi connectivity index (χ3n) is 16.5. The number of hydrogen-bond acceptors (Lipinski definition) is 9. The highest BCUT2D eigenvalue weighted by Crippen LogP contribution is 2.49. The van der Waals surface area contributed by atoms with Crippen LogP contribution in [0.4, 0.5) is 0 Å². The average Bonchev–Trinajstić information content (AvgIpc) is 3.21. The molecule has 2 heterocycles. The molecule has 1 aromatic carbocycles. The third-order valence-corrected chi connectivity index (χ3v) is 34.2. The maximum atomic E-state index is 14.2. The van der Waals surface area contributed by atoms with E-state index in [2.05, 4.69) is 124 Å². The molecule has 0 aromatic heterocycles. The first kappa shape index (κ1) is 63.0. The van der Waals surface area contributed by atoms with E-state index in [0.29, 0.717) is 92.8 Å². The fourth-order valence-electron chi connectivity index (χ4n) is 11.7. The fraction of sp³-hybridized carbons (Fsp3) is 0.833. The van der Waals surface area contributed by atoms with Crippen molar-refractivity contribution in [1.82, 2.24) is 0 Å². The van der Waals surface area contributed by atoms with Gasteiger partial charge in [-0.2, -0.15) is 0 Å². The van der Waals surface area contributed by atoms with E-state index in [1.165, 1.54) is 0 Å². The van der Waals surface area contributed by atoms with Gasteiger partial charge >= 0.3 is 5.97 Å². The quantitative estimate of drug-likeness (QED) is 0.0399. The second-order valence-electron chi connectivity index (χ2n) is 24.2. The van der Waals surface area contributed by atoms with Crippen LogP contribution in [-0.4, -0.2) is 97.1 Å². The van der Waals surface area contributed by atoms with Gasteiger partial charge in [0.15, 0.2) is 16.6 Å². The van der Waals surface area contributed by atoms with E-state index in [0.717, 1.165) is 12.8 Å². The van der Waals surface area contributed by atoms with Crippen LogP contribution in [0, 0.1) is 0 Å². The Morgan fingerprint density at radius 1 is 0.855 bits per heavy atom. The zero-order valence-corrected chi connectivity index (χ0v) is 51.8. The number of carbonyl (C=O) groups is 1. The molecule has 0 spiro atoms. The van der Waals surface area contributed by atoms with E-state index in [9.17, 15) is 9.90 Å². The van der Waals surface area contributed by atoms with Crippen LogP contribution in [0.5, 0.6) is 0 Å². The van der Waals surface area contributed by atoms with Crippen LogP contribution in [0.3, 0.4) is 0 Å². The summed E-state index contributed by atoms with van der Waals surface area (Å²) in [5.41, 5.74) is 1.34. The molecule has 8 atom stereocenters. The Morgan fingerprint density at radius 2 is 1.39 bits per heavy atom. The molecule has 2 aliphatic rings. The first-order valence-electron chi connectivity index (χ1n) is 26.3. The molecular formula is C54H97Cl3O9Si3. The number of benzene rings is 1. The third kappa shape index (κ3) is 15.4. The number of aliphatic hydroxyl groups excluding tert-OH is 1. The Bertz CT molecular complexity index is 1720. The van der Waals surface area contributed by atoms with Gasteiger partial charge in [0.05, 0.1) is 36.6 Å². The van der Waals surface area contributed by atoms with E-state index in [1.54, 1.807) is 18.2 Å². The molecule has 2 aliphatic heterocycles. The molecule has 0 saturated carbocycles. The number of halogens is 3. The molecule has 0 aliphatic carbocycles. The number of esters is 1. The van der Waals surface area contributed by atoms with Crippen LogP contribution in [0.15, 0.2) is 24.8 Å². The summed E-state index contributed by atoms with van der Waals surface area (Å²) in [7, 11) is -6.73. The van der Waals surface area contributed by atoms with Crippen molar-refractivity contribution in [2.24, 2.45) is 0 Å². The lowest BCUT2D eigenvalue weighted by Crippen LogP contribution is -2.64. The van der Waals surface area contributed by atoms with E-state index in [1.807, 2.05) is 13.8 Å². The van der Waals surface area contributed by atoms with Crippen LogP contribution in [0.25, 0.3) is 0 Å². The summed E-state index contributed by atoms with van der Waals surface area (Å²) in [5.74, 6) is -0.396. The molecule has 15 heteroatoms. The molecule has 2 fully saturated rings. The van der Waals surface area contributed by atoms with Crippen molar-refractivity contribution in [2.75, 3.05) is 13.2 Å². The molecule has 0 radical (unpaired) electrons. The lowest BCUT2D eigenvalue weighted by molar-refractivity contribution is -0.281. The highest BCUT2D eigenvalue weighted by molar-refractivity contribution is 6.78. The number of ether oxygens (including phenoxy) is 4. The number of carbonyl (C=O) groups excluding carboxylic acids is 1. The van der Waals surface area contributed by atoms with Crippen LogP contribution < -0.4 is 0 Å². The summed E-state index contributed by atoms with van der Waals surface area (Å²) < 4.78 is 48.1. The summed E-state index contributed by atoms with van der Waals surface area (Å²) in [6.07, 6.45) is 3.35. The average molecular weight is 1080 g/mol. The zero-order chi connectivity index (χ0) is 52.7. The maximum absolute atomic E-state index is 14.2. The predicted octanol–water partition coefficient (Wildman–Crippen LogP) is 16.2. The van der Waals surface area contributed by atoms with Gasteiger partial charge in [0.1, 0.15) is 17.8 Å². The lowest BCUT2D eigenvalue weighted by atomic mass is 9.81. The van der Waals surface area contributed by atoms with Crippen molar-refractivity contribution in [2.45, 2.75) is 275 Å². The van der Waals surface area contributed by atoms with E-state index >= 15 is 0 Å². The molecule has 0 unspecified atom stereocenters. The second-order valence-corrected chi connectivity index (χ2v) is 41.1. The molecule has 2 saturated heterocycles. The molecule has 1 aromatic rings. The van der Waals surface area contributed by atoms with Gasteiger partial charge in [0.2, 0.25) is 8.32 Å². The smallest absolute Gasteiger partial charge is 0.306 e. The summed E-state index contributed by atoms with van der Waals surface area (Å²) in [5, 5.41) is 13.2. The highest BCUT2D eigenvalue weighted by Gasteiger charge is 2.56. The SMILES string of the molecule is C=C[C@](C)(O[Si](C)(C)C(C)(C)C)[C@@H](CCCOCc1c(Cl)cc(Cl)cc1Cl)OC(=O)CC[C@@]1(C)O[C@H]2[C@@H](O[Si](C(C)C)(C(C)C)C(C)C)C[C@@H](CCCO[Si](C(C)C)(C(C)C)C(C)C)O[C@@H]2C[C@@H]1O. The molecule has 9 nitrogen and oxygen atoms in total. The van der Waals surface area contributed by atoms with Gasteiger partial charge in [-0.15, -0.1) is 6.58 Å². The summed E-state index contributed by atoms with van der Waals surface area (Å²) in [4.78, 5) is 14.2. The molecule has 1 N–H and O–H groups in total. The first-order chi connectivity index (χ1) is 31.7. The van der Waals surface area contributed by atoms with Gasteiger partial charge in [0.25, 0.3) is 0 Å². The predicted molar refractivity (Wildman–Crippen MR) is 296 cm³/mol. The van der Waals surface area contributed by atoms with Gasteiger partial charge in [-0.05, 0) is 109 Å². The van der Waals surface area contributed by atoms with Gasteiger partial charge in [-0.3, -0.25) is 4.79 Å². The number of fused-ring (bicyclic) bond motifs is 1. The molecule has 400 valence electrons. The first-order valence-corrected chi connectivity index (χ1v) is 34.6. The largest absolute Gasteiger partial charge is 0.459 e. The fourth-order valence-corrected chi connectivity index (χ4v) is 25.3. The van der Waals surface area contributed by atoms with Crippen LogP contribution in [0.2, 0.25) is 66.4 Å². The van der Waals surface area contributed by atoms with Crippen molar-refractivity contribution in [3.05, 3.63) is 45.4 Å². The van der Waals surface area contributed by atoms with E-state index in [-0.39, 0.29) is 42.8 Å². The Hall–Kier alpha value is -0.329. The van der Waals surface area contributed by atoms with Crippen molar-refractivity contribution >= 4 is 65.7 Å². The van der Waals surface area contributed by atoms with Gasteiger partial charge < -0.3 is 37.3 Å². The minimum atomic E-state index is -2.37. The molecule has 0 amide bonds. The zero-order valence-electron chi connectivity index (χ0n) is 46.5. The lowest BCUT2D eigenvalue weighted by Gasteiger charge is -2.54. The highest BCUT2D eigenvalue weighted by atomic mass is 35.5. The second kappa shape index (κ2) is 25.9. The molecule has 69 heavy (non-hydrogen) atoms. The number of hydrogen-bond donors (Lipinski definition) is 1. The van der Waals surface area contributed by atoms with Crippen molar-refractivity contribution in [1.29, 1.82) is 0 Å². The summed E-state index contributed by atoms with van der Waals surface area (Å²) >= 11 is 19.0. The summed E-state index contributed by atoms with van der Waals surface area (Å²) in [6.45, 7) is 48.2. The molecule has 3 rings (SSSR count). The molecule has 0 bridgehead atoms. The van der Waals surface area contributed by atoms with E-state index < -0.39 is 60.4 Å². The Balaban J connectivity index is 1.85. The summed E-state index contributed by atoms with van der Waals surface area (Å²) in [6, 6.07) is 3.29. The number of aliphatic hydroxyl groups is 1. The van der Waals surface area contributed by atoms with Crippen molar-refractivity contribution in [3.8, 4) is 0 Å². The minimum absolute atomic E-state index is 0.0322. The van der Waals surface area contributed by atoms with E-state index in [4.69, 9.17) is 67.0 Å². The van der Waals surface area contributed by atoms with Crippen molar-refractivity contribution < 1.29 is 42.1 Å². The van der Waals surface area contributed by atoms with Gasteiger partial charge in [0, 0.05) is 53.1 Å². The molecular weight excluding hydrogens is 983 g/mol. The van der Waals surface area contributed by atoms with Gasteiger partial charge in [-0.25, -0.2) is 0 Å². The Kier molecular flexibility index (Phi) is 23.7. The Morgan fingerprint density at radius 3 is 1.88 bits per heavy atom. The Labute approximate surface area is 438 Å².